The molecule has 0 saturated carbocycles. The number of benzene rings is 1. The number of nitrogens with two attached hydrogens (primary N) is 1. The van der Waals surface area contributed by atoms with Crippen molar-refractivity contribution in [3.05, 3.63) is 57.8 Å². The van der Waals surface area contributed by atoms with E-state index in [0.717, 1.165) is 22.6 Å². The van der Waals surface area contributed by atoms with E-state index in [1.807, 2.05) is 37.3 Å². The second kappa shape index (κ2) is 4.18. The van der Waals surface area contributed by atoms with E-state index in [9.17, 15) is 4.79 Å². The van der Waals surface area contributed by atoms with Gasteiger partial charge in [0.25, 0.3) is 0 Å². The first-order chi connectivity index (χ1) is 7.65. The minimum atomic E-state index is -0.315. The molecule has 3 N–H and O–H groups in total. The average Bonchev–Trinajstić information content (AvgIpc) is 2.20. The smallest absolute Gasteiger partial charge is 0.345 e. The summed E-state index contributed by atoms with van der Waals surface area (Å²) in [7, 11) is 0. The lowest BCUT2D eigenvalue weighted by atomic mass is 10.1. The van der Waals surface area contributed by atoms with Crippen molar-refractivity contribution in [2.24, 2.45) is 0 Å². The lowest BCUT2D eigenvalue weighted by molar-refractivity contribution is 0.950. The normalized spacial score (nSPS) is 10.3. The highest BCUT2D eigenvalue weighted by atomic mass is 16.1. The zero-order valence-electron chi connectivity index (χ0n) is 9.03. The molecular formula is C12H13N3O. The van der Waals surface area contributed by atoms with Gasteiger partial charge in [-0.3, -0.25) is 0 Å². The topological polar surface area (TPSA) is 71.8 Å². The lowest BCUT2D eigenvalue weighted by Gasteiger charge is -2.04. The molecule has 1 heterocycles. The lowest BCUT2D eigenvalue weighted by Crippen LogP contribution is -2.14. The van der Waals surface area contributed by atoms with Gasteiger partial charge in [0.05, 0.1) is 5.69 Å². The van der Waals surface area contributed by atoms with E-state index in [1.54, 1.807) is 0 Å². The van der Waals surface area contributed by atoms with Crippen LogP contribution in [0.4, 0.5) is 5.69 Å². The van der Waals surface area contributed by atoms with Crippen molar-refractivity contribution in [3.8, 4) is 0 Å². The number of para-hydroxylation sites is 1. The molecule has 0 aliphatic heterocycles. The number of hydrogen-bond donors (Lipinski definition) is 2. The molecule has 0 aliphatic carbocycles. The van der Waals surface area contributed by atoms with Crippen molar-refractivity contribution in [1.82, 2.24) is 9.97 Å². The van der Waals surface area contributed by atoms with Crippen LogP contribution >= 0.6 is 0 Å². The van der Waals surface area contributed by atoms with Gasteiger partial charge in [-0.2, -0.15) is 4.98 Å². The van der Waals surface area contributed by atoms with Crippen LogP contribution in [-0.4, -0.2) is 9.97 Å². The molecule has 0 saturated heterocycles. The SMILES string of the molecule is Cc1cc(Cc2ccccc2N)nc(=O)[nH]1. The average molecular weight is 215 g/mol. The Labute approximate surface area is 93.2 Å². The first-order valence-corrected chi connectivity index (χ1v) is 5.05. The highest BCUT2D eigenvalue weighted by Gasteiger charge is 2.02. The number of anilines is 1. The second-order valence-electron chi connectivity index (χ2n) is 3.74. The molecule has 82 valence electrons. The Morgan fingerprint density at radius 2 is 2.12 bits per heavy atom. The third-order valence-corrected chi connectivity index (χ3v) is 2.36. The minimum Gasteiger partial charge on any atom is -0.398 e. The van der Waals surface area contributed by atoms with Gasteiger partial charge in [-0.1, -0.05) is 18.2 Å². The summed E-state index contributed by atoms with van der Waals surface area (Å²) in [5.74, 6) is 0. The van der Waals surface area contributed by atoms with Gasteiger partial charge in [-0.25, -0.2) is 4.79 Å². The quantitative estimate of drug-likeness (QED) is 0.740. The molecular weight excluding hydrogens is 202 g/mol. The molecule has 0 radical (unpaired) electrons. The number of aromatic amines is 1. The highest BCUT2D eigenvalue weighted by Crippen LogP contribution is 2.14. The van der Waals surface area contributed by atoms with Crippen LogP contribution < -0.4 is 11.4 Å². The van der Waals surface area contributed by atoms with E-state index >= 15 is 0 Å². The maximum atomic E-state index is 11.2. The Hall–Kier alpha value is -2.10. The Kier molecular flexibility index (Phi) is 2.72. The van der Waals surface area contributed by atoms with Crippen LogP contribution in [0.2, 0.25) is 0 Å². The van der Waals surface area contributed by atoms with E-state index in [-0.39, 0.29) is 5.69 Å². The van der Waals surface area contributed by atoms with Crippen molar-refractivity contribution < 1.29 is 0 Å². The van der Waals surface area contributed by atoms with Gasteiger partial charge in [0.2, 0.25) is 0 Å². The number of nitrogen functional groups attached to an aromatic ring is 1. The fourth-order valence-electron chi connectivity index (χ4n) is 1.63. The van der Waals surface area contributed by atoms with E-state index in [4.69, 9.17) is 5.73 Å². The predicted molar refractivity (Wildman–Crippen MR) is 63.3 cm³/mol. The van der Waals surface area contributed by atoms with Gasteiger partial charge in [0.1, 0.15) is 0 Å². The molecule has 2 rings (SSSR count). The summed E-state index contributed by atoms with van der Waals surface area (Å²) < 4.78 is 0. The Balaban J connectivity index is 2.34. The summed E-state index contributed by atoms with van der Waals surface area (Å²) in [5, 5.41) is 0. The fourth-order valence-corrected chi connectivity index (χ4v) is 1.63. The molecule has 4 nitrogen and oxygen atoms in total. The standard InChI is InChI=1S/C12H13N3O/c1-8-6-10(15-12(16)14-8)7-9-4-2-3-5-11(9)13/h2-6H,7,13H2,1H3,(H,14,15,16). The third-order valence-electron chi connectivity index (χ3n) is 2.36. The molecule has 0 amide bonds. The van der Waals surface area contributed by atoms with Gasteiger partial charge >= 0.3 is 5.69 Å². The molecule has 1 aromatic heterocycles. The van der Waals surface area contributed by atoms with E-state index in [2.05, 4.69) is 9.97 Å². The first kappa shape index (κ1) is 10.4. The number of hydrogen-bond acceptors (Lipinski definition) is 3. The fraction of sp³-hybridized carbons (Fsp3) is 0.167. The third kappa shape index (κ3) is 2.28. The van der Waals surface area contributed by atoms with Crippen molar-refractivity contribution in [1.29, 1.82) is 0 Å². The Morgan fingerprint density at radius 3 is 2.81 bits per heavy atom. The number of aryl methyl sites for hydroxylation is 1. The monoisotopic (exact) mass is 215 g/mol. The largest absolute Gasteiger partial charge is 0.398 e. The van der Waals surface area contributed by atoms with Gasteiger partial charge < -0.3 is 10.7 Å². The van der Waals surface area contributed by atoms with Gasteiger partial charge in [0, 0.05) is 17.8 Å². The number of aromatic nitrogens is 2. The van der Waals surface area contributed by atoms with Crippen LogP contribution in [0.25, 0.3) is 0 Å². The molecule has 0 aliphatic rings. The van der Waals surface area contributed by atoms with Gasteiger partial charge in [-0.15, -0.1) is 0 Å². The summed E-state index contributed by atoms with van der Waals surface area (Å²) in [5.41, 5.74) is 8.77. The van der Waals surface area contributed by atoms with E-state index in [1.165, 1.54) is 0 Å². The molecule has 0 bridgehead atoms. The summed E-state index contributed by atoms with van der Waals surface area (Å²) in [4.78, 5) is 17.7. The van der Waals surface area contributed by atoms with Crippen molar-refractivity contribution in [3.63, 3.8) is 0 Å². The van der Waals surface area contributed by atoms with Crippen molar-refractivity contribution in [2.45, 2.75) is 13.3 Å². The summed E-state index contributed by atoms with van der Waals surface area (Å²) >= 11 is 0. The van der Waals surface area contributed by atoms with Gasteiger partial charge in [0.15, 0.2) is 0 Å². The molecule has 0 spiro atoms. The Morgan fingerprint density at radius 1 is 1.38 bits per heavy atom. The van der Waals surface area contributed by atoms with Crippen LogP contribution in [-0.2, 0) is 6.42 Å². The molecule has 0 unspecified atom stereocenters. The summed E-state index contributed by atoms with van der Waals surface area (Å²) in [6.45, 7) is 1.83. The van der Waals surface area contributed by atoms with Gasteiger partial charge in [-0.05, 0) is 24.6 Å². The zero-order chi connectivity index (χ0) is 11.5. The minimum absolute atomic E-state index is 0.315. The molecule has 0 fully saturated rings. The van der Waals surface area contributed by atoms with E-state index < -0.39 is 0 Å². The maximum absolute atomic E-state index is 11.2. The van der Waals surface area contributed by atoms with Crippen LogP contribution in [0.3, 0.4) is 0 Å². The summed E-state index contributed by atoms with van der Waals surface area (Å²) in [6.07, 6.45) is 0.581. The van der Waals surface area contributed by atoms with Crippen molar-refractivity contribution >= 4 is 5.69 Å². The molecule has 16 heavy (non-hydrogen) atoms. The summed E-state index contributed by atoms with van der Waals surface area (Å²) in [6, 6.07) is 9.44. The number of H-pyrrole nitrogens is 1. The number of nitrogens with one attached hydrogen (secondary N) is 1. The highest BCUT2D eigenvalue weighted by molar-refractivity contribution is 5.47. The first-order valence-electron chi connectivity index (χ1n) is 5.05. The van der Waals surface area contributed by atoms with Crippen LogP contribution in [0.1, 0.15) is 17.0 Å². The zero-order valence-corrected chi connectivity index (χ0v) is 9.03. The second-order valence-corrected chi connectivity index (χ2v) is 3.74. The Bertz CT molecular complexity index is 560. The van der Waals surface area contributed by atoms with Crippen molar-refractivity contribution in [2.75, 3.05) is 5.73 Å². The van der Waals surface area contributed by atoms with Crippen LogP contribution in [0.5, 0.6) is 0 Å². The maximum Gasteiger partial charge on any atom is 0.345 e. The predicted octanol–water partition coefficient (Wildman–Crippen LogP) is 1.25. The number of nitrogens with zero attached hydrogens (tertiary/aromatic N) is 1. The van der Waals surface area contributed by atoms with Crippen LogP contribution in [0.15, 0.2) is 35.1 Å². The molecule has 1 aromatic carbocycles. The molecule has 0 atom stereocenters. The van der Waals surface area contributed by atoms with E-state index in [0.29, 0.717) is 6.42 Å². The van der Waals surface area contributed by atoms with Crippen LogP contribution in [0, 0.1) is 6.92 Å². The number of rotatable bonds is 2. The molecule has 4 heteroatoms. The molecule has 2 aromatic rings.